The van der Waals surface area contributed by atoms with Crippen molar-refractivity contribution in [2.75, 3.05) is 20.8 Å². The Morgan fingerprint density at radius 3 is 2.61 bits per heavy atom. The van der Waals surface area contributed by atoms with Gasteiger partial charge in [-0.2, -0.15) is 13.2 Å². The number of benzene rings is 1. The molecule has 0 aliphatic heterocycles. The van der Waals surface area contributed by atoms with Crippen molar-refractivity contribution in [1.82, 2.24) is 4.90 Å². The second-order valence-corrected chi connectivity index (χ2v) is 4.99. The first kappa shape index (κ1) is 17.1. The van der Waals surface area contributed by atoms with Gasteiger partial charge in [0.05, 0.1) is 24.5 Å². The van der Waals surface area contributed by atoms with Crippen molar-refractivity contribution >= 4 is 5.91 Å². The number of carbonyl (C=O) groups excluding carboxylic acids is 1. The minimum atomic E-state index is -4.45. The summed E-state index contributed by atoms with van der Waals surface area (Å²) in [5.74, 6) is -0.324. The second-order valence-electron chi connectivity index (χ2n) is 4.99. The molecule has 0 radical (unpaired) electrons. The van der Waals surface area contributed by atoms with Crippen molar-refractivity contribution in [3.05, 3.63) is 59.5 Å². The Bertz CT molecular complexity index is 653. The molecule has 2 rings (SSSR count). The van der Waals surface area contributed by atoms with Crippen molar-refractivity contribution in [2.45, 2.75) is 12.2 Å². The summed E-state index contributed by atoms with van der Waals surface area (Å²) in [5.41, 5.74) is -0.431. The lowest BCUT2D eigenvalue weighted by Gasteiger charge is -2.28. The first-order chi connectivity index (χ1) is 10.8. The molecule has 2 aromatic rings. The molecule has 0 spiro atoms. The maximum atomic E-state index is 12.9. The summed E-state index contributed by atoms with van der Waals surface area (Å²) < 4.78 is 48.7. The molecule has 0 bridgehead atoms. The van der Waals surface area contributed by atoms with Crippen LogP contribution in [0.1, 0.15) is 27.7 Å². The fraction of sp³-hybridized carbons (Fsp3) is 0.312. The monoisotopic (exact) mass is 327 g/mol. The summed E-state index contributed by atoms with van der Waals surface area (Å²) in [5, 5.41) is 0. The number of likely N-dealkylation sites (N-methyl/N-ethyl adjacent to an activating group) is 1. The van der Waals surface area contributed by atoms with Crippen LogP contribution >= 0.6 is 0 Å². The Kier molecular flexibility index (Phi) is 5.10. The summed E-state index contributed by atoms with van der Waals surface area (Å²) in [6, 6.07) is 7.25. The summed E-state index contributed by atoms with van der Waals surface area (Å²) >= 11 is 0. The number of carbonyl (C=O) groups is 1. The number of rotatable bonds is 5. The van der Waals surface area contributed by atoms with Crippen LogP contribution in [0, 0.1) is 0 Å². The van der Waals surface area contributed by atoms with Crippen LogP contribution in [0.25, 0.3) is 0 Å². The number of methoxy groups -OCH3 is 1. The van der Waals surface area contributed by atoms with Gasteiger partial charge in [0.1, 0.15) is 0 Å². The van der Waals surface area contributed by atoms with E-state index in [9.17, 15) is 18.0 Å². The zero-order valence-corrected chi connectivity index (χ0v) is 12.6. The Balaban J connectivity index is 2.33. The van der Waals surface area contributed by atoms with E-state index in [1.54, 1.807) is 6.07 Å². The van der Waals surface area contributed by atoms with Crippen LogP contribution < -0.4 is 0 Å². The van der Waals surface area contributed by atoms with Gasteiger partial charge < -0.3 is 14.1 Å². The van der Waals surface area contributed by atoms with E-state index in [4.69, 9.17) is 9.15 Å². The Morgan fingerprint density at radius 1 is 1.30 bits per heavy atom. The quantitative estimate of drug-likeness (QED) is 0.840. The Labute approximate surface area is 131 Å². The van der Waals surface area contributed by atoms with Gasteiger partial charge in [-0.3, -0.25) is 4.79 Å². The first-order valence-electron chi connectivity index (χ1n) is 6.81. The minimum Gasteiger partial charge on any atom is -0.459 e. The maximum absolute atomic E-state index is 12.9. The third-order valence-corrected chi connectivity index (χ3v) is 3.44. The Hall–Kier alpha value is -2.28. The molecule has 1 heterocycles. The molecule has 0 unspecified atom stereocenters. The van der Waals surface area contributed by atoms with Gasteiger partial charge >= 0.3 is 6.18 Å². The van der Waals surface area contributed by atoms with Gasteiger partial charge in [0.25, 0.3) is 5.91 Å². The summed E-state index contributed by atoms with van der Waals surface area (Å²) in [7, 11) is 2.92. The van der Waals surface area contributed by atoms with E-state index in [0.29, 0.717) is 5.56 Å². The number of hydrogen-bond donors (Lipinski definition) is 0. The highest BCUT2D eigenvalue weighted by atomic mass is 19.4. The predicted molar refractivity (Wildman–Crippen MR) is 76.9 cm³/mol. The molecule has 0 aliphatic carbocycles. The summed E-state index contributed by atoms with van der Waals surface area (Å²) in [4.78, 5) is 13.6. The molecule has 1 atom stereocenters. The maximum Gasteiger partial charge on any atom is 0.416 e. The highest BCUT2D eigenvalue weighted by Crippen LogP contribution is 2.32. The second kappa shape index (κ2) is 6.87. The molecule has 0 saturated heterocycles. The van der Waals surface area contributed by atoms with E-state index in [-0.39, 0.29) is 12.4 Å². The highest BCUT2D eigenvalue weighted by Gasteiger charge is 2.32. The van der Waals surface area contributed by atoms with Gasteiger partial charge in [-0.1, -0.05) is 12.1 Å². The molecule has 1 aromatic heterocycles. The van der Waals surface area contributed by atoms with Gasteiger partial charge in [0.2, 0.25) is 0 Å². The van der Waals surface area contributed by atoms with Crippen molar-refractivity contribution in [2.24, 2.45) is 0 Å². The van der Waals surface area contributed by atoms with Crippen molar-refractivity contribution in [3.8, 4) is 0 Å². The molecular formula is C16H16F3NO3. The summed E-state index contributed by atoms with van der Waals surface area (Å²) in [6.45, 7) is 0.0598. The van der Waals surface area contributed by atoms with Gasteiger partial charge in [0, 0.05) is 14.2 Å². The molecule has 1 aromatic carbocycles. The molecule has 0 aliphatic rings. The third-order valence-electron chi connectivity index (χ3n) is 3.44. The number of alkyl halides is 3. The van der Waals surface area contributed by atoms with Gasteiger partial charge in [-0.15, -0.1) is 0 Å². The predicted octanol–water partition coefficient (Wildman–Crippen LogP) is 3.76. The molecule has 124 valence electrons. The van der Waals surface area contributed by atoms with Crippen molar-refractivity contribution in [1.29, 1.82) is 0 Å². The van der Waals surface area contributed by atoms with Crippen molar-refractivity contribution in [3.63, 3.8) is 0 Å². The average Bonchev–Trinajstić information content (AvgIpc) is 3.05. The van der Waals surface area contributed by atoms with E-state index in [0.717, 1.165) is 12.1 Å². The van der Waals surface area contributed by atoms with Crippen LogP contribution in [0.4, 0.5) is 13.2 Å². The molecular weight excluding hydrogens is 311 g/mol. The van der Waals surface area contributed by atoms with Crippen LogP contribution in [0.15, 0.2) is 47.1 Å². The molecule has 23 heavy (non-hydrogen) atoms. The van der Waals surface area contributed by atoms with E-state index >= 15 is 0 Å². The molecule has 0 saturated carbocycles. The normalized spacial score (nSPS) is 12.9. The average molecular weight is 327 g/mol. The number of hydrogen-bond acceptors (Lipinski definition) is 3. The van der Waals surface area contributed by atoms with E-state index in [1.807, 2.05) is 0 Å². The number of halogens is 3. The lowest BCUT2D eigenvalue weighted by Crippen LogP contribution is -2.33. The lowest BCUT2D eigenvalue weighted by molar-refractivity contribution is -0.137. The molecule has 0 N–H and O–H groups in total. The van der Waals surface area contributed by atoms with Gasteiger partial charge in [0.15, 0.2) is 5.76 Å². The van der Waals surface area contributed by atoms with Crippen LogP contribution in [0.5, 0.6) is 0 Å². The van der Waals surface area contributed by atoms with E-state index in [2.05, 4.69) is 0 Å². The highest BCUT2D eigenvalue weighted by molar-refractivity contribution is 5.91. The van der Waals surface area contributed by atoms with Crippen LogP contribution in [0.3, 0.4) is 0 Å². The van der Waals surface area contributed by atoms with Crippen LogP contribution in [-0.4, -0.2) is 31.6 Å². The summed E-state index contributed by atoms with van der Waals surface area (Å²) in [6.07, 6.45) is -3.09. The van der Waals surface area contributed by atoms with E-state index in [1.165, 1.54) is 43.5 Å². The molecule has 4 nitrogen and oxygen atoms in total. The minimum absolute atomic E-state index is 0.0598. The molecule has 7 heteroatoms. The molecule has 1 amide bonds. The van der Waals surface area contributed by atoms with Gasteiger partial charge in [-0.05, 0) is 29.8 Å². The zero-order chi connectivity index (χ0) is 17.0. The largest absolute Gasteiger partial charge is 0.459 e. The lowest BCUT2D eigenvalue weighted by atomic mass is 10.0. The fourth-order valence-corrected chi connectivity index (χ4v) is 2.23. The van der Waals surface area contributed by atoms with Crippen LogP contribution in [-0.2, 0) is 10.9 Å². The zero-order valence-electron chi connectivity index (χ0n) is 12.6. The van der Waals surface area contributed by atoms with E-state index < -0.39 is 23.7 Å². The standard InChI is InChI=1S/C16H16F3NO3/c1-20(15(21)14-7-4-8-23-14)13(10-22-2)11-5-3-6-12(9-11)16(17,18)19/h3-9,13H,10H2,1-2H3/t13-/m1/s1. The van der Waals surface area contributed by atoms with Crippen molar-refractivity contribution < 1.29 is 27.1 Å². The number of amides is 1. The number of nitrogens with zero attached hydrogens (tertiary/aromatic N) is 1. The fourth-order valence-electron chi connectivity index (χ4n) is 2.23. The first-order valence-corrected chi connectivity index (χ1v) is 6.81. The Morgan fingerprint density at radius 2 is 2.04 bits per heavy atom. The SMILES string of the molecule is COC[C@H](c1cccc(C(F)(F)F)c1)N(C)C(=O)c1ccco1. The topological polar surface area (TPSA) is 42.7 Å². The van der Waals surface area contributed by atoms with Gasteiger partial charge in [-0.25, -0.2) is 0 Å². The smallest absolute Gasteiger partial charge is 0.416 e. The molecule has 0 fully saturated rings. The third kappa shape index (κ3) is 3.92. The van der Waals surface area contributed by atoms with Crippen LogP contribution in [0.2, 0.25) is 0 Å². The number of ether oxygens (including phenoxy) is 1. The number of furan rings is 1.